The van der Waals surface area contributed by atoms with Crippen LogP contribution in [0, 0.1) is 5.92 Å². The molecule has 0 bridgehead atoms. The van der Waals surface area contributed by atoms with Crippen molar-refractivity contribution in [1.82, 2.24) is 10.3 Å². The van der Waals surface area contributed by atoms with Gasteiger partial charge in [-0.05, 0) is 53.7 Å². The molecule has 2 heterocycles. The molecule has 0 spiro atoms. The van der Waals surface area contributed by atoms with Gasteiger partial charge in [0.25, 0.3) is 0 Å². The zero-order valence-corrected chi connectivity index (χ0v) is 14.5. The van der Waals surface area contributed by atoms with Gasteiger partial charge in [-0.3, -0.25) is 0 Å². The smallest absolute Gasteiger partial charge is 0.217 e. The minimum atomic E-state index is 0.209. The lowest BCUT2D eigenvalue weighted by molar-refractivity contribution is -0.0121. The van der Waals surface area contributed by atoms with Crippen LogP contribution in [0.2, 0.25) is 0 Å². The highest BCUT2D eigenvalue weighted by Gasteiger charge is 2.16. The molecule has 1 unspecified atom stereocenters. The maximum atomic E-state index is 5.89. The van der Waals surface area contributed by atoms with Crippen molar-refractivity contribution in [2.75, 3.05) is 19.8 Å². The summed E-state index contributed by atoms with van der Waals surface area (Å²) >= 11 is 3.47. The number of ether oxygens (including phenoxy) is 2. The normalized spacial score (nSPS) is 19.0. The molecule has 4 nitrogen and oxygen atoms in total. The molecule has 2 rings (SSSR count). The summed E-state index contributed by atoms with van der Waals surface area (Å²) in [5.74, 6) is 1.34. The summed E-state index contributed by atoms with van der Waals surface area (Å²) in [5.41, 5.74) is 1.08. The molecule has 0 saturated carbocycles. The number of hydrogen-bond donors (Lipinski definition) is 1. The van der Waals surface area contributed by atoms with Crippen molar-refractivity contribution in [3.63, 3.8) is 0 Å². The van der Waals surface area contributed by atoms with Crippen LogP contribution in [0.3, 0.4) is 0 Å². The van der Waals surface area contributed by atoms with Gasteiger partial charge in [-0.15, -0.1) is 0 Å². The molecule has 1 fully saturated rings. The lowest BCUT2D eigenvalue weighted by Gasteiger charge is -2.23. The fourth-order valence-corrected chi connectivity index (χ4v) is 2.71. The molecule has 1 aromatic rings. The molecule has 1 N–H and O–H groups in total. The third-order valence-electron chi connectivity index (χ3n) is 3.44. The van der Waals surface area contributed by atoms with Gasteiger partial charge in [0.05, 0.1) is 6.10 Å². The first kappa shape index (κ1) is 16.7. The molecule has 1 aromatic heterocycles. The standard InChI is InChI=1S/C16H25BrN2O2/c1-12(2)8-18-9-13-7-14(17)10-19-16(13)21-11-15-5-3-4-6-20-15/h7,10,12,15,18H,3-6,8-9,11H2,1-2H3. The first-order valence-corrected chi connectivity index (χ1v) is 8.54. The summed E-state index contributed by atoms with van der Waals surface area (Å²) in [6, 6.07) is 2.07. The zero-order chi connectivity index (χ0) is 15.1. The van der Waals surface area contributed by atoms with E-state index < -0.39 is 0 Å². The number of nitrogens with zero attached hydrogens (tertiary/aromatic N) is 1. The van der Waals surface area contributed by atoms with E-state index >= 15 is 0 Å². The third-order valence-corrected chi connectivity index (χ3v) is 3.87. The van der Waals surface area contributed by atoms with Gasteiger partial charge in [-0.25, -0.2) is 4.98 Å². The molecule has 0 radical (unpaired) electrons. The highest BCUT2D eigenvalue weighted by Crippen LogP contribution is 2.21. The van der Waals surface area contributed by atoms with Crippen LogP contribution < -0.4 is 10.1 Å². The molecule has 118 valence electrons. The Hall–Kier alpha value is -0.650. The molecule has 5 heteroatoms. The topological polar surface area (TPSA) is 43.4 Å². The van der Waals surface area contributed by atoms with E-state index in [-0.39, 0.29) is 6.10 Å². The van der Waals surface area contributed by atoms with E-state index in [1.54, 1.807) is 6.20 Å². The van der Waals surface area contributed by atoms with Crippen molar-refractivity contribution in [2.24, 2.45) is 5.92 Å². The van der Waals surface area contributed by atoms with Crippen molar-refractivity contribution in [1.29, 1.82) is 0 Å². The first-order valence-electron chi connectivity index (χ1n) is 7.74. The number of halogens is 1. The van der Waals surface area contributed by atoms with Crippen LogP contribution in [0.4, 0.5) is 0 Å². The Kier molecular flexibility index (Phi) is 6.93. The lowest BCUT2D eigenvalue weighted by atomic mass is 10.1. The number of nitrogens with one attached hydrogen (secondary N) is 1. The Labute approximate surface area is 135 Å². The molecule has 1 aliphatic rings. The minimum absolute atomic E-state index is 0.209. The quantitative estimate of drug-likeness (QED) is 0.811. The van der Waals surface area contributed by atoms with Crippen LogP contribution in [0.25, 0.3) is 0 Å². The second-order valence-electron chi connectivity index (χ2n) is 5.94. The summed E-state index contributed by atoms with van der Waals surface area (Å²) in [4.78, 5) is 4.40. The molecule has 1 atom stereocenters. The SMILES string of the molecule is CC(C)CNCc1cc(Br)cnc1OCC1CCCCO1. The van der Waals surface area contributed by atoms with Crippen molar-refractivity contribution >= 4 is 15.9 Å². The van der Waals surface area contributed by atoms with E-state index in [4.69, 9.17) is 9.47 Å². The molecular weight excluding hydrogens is 332 g/mol. The Balaban J connectivity index is 1.90. The maximum absolute atomic E-state index is 5.89. The monoisotopic (exact) mass is 356 g/mol. The molecule has 0 aromatic carbocycles. The average molecular weight is 357 g/mol. The van der Waals surface area contributed by atoms with E-state index in [9.17, 15) is 0 Å². The zero-order valence-electron chi connectivity index (χ0n) is 12.9. The van der Waals surface area contributed by atoms with Crippen LogP contribution in [0.5, 0.6) is 5.88 Å². The van der Waals surface area contributed by atoms with Gasteiger partial charge in [0.2, 0.25) is 5.88 Å². The molecule has 1 saturated heterocycles. The number of rotatable bonds is 7. The van der Waals surface area contributed by atoms with Crippen molar-refractivity contribution < 1.29 is 9.47 Å². The van der Waals surface area contributed by atoms with Gasteiger partial charge in [-0.1, -0.05) is 13.8 Å². The summed E-state index contributed by atoms with van der Waals surface area (Å²) in [7, 11) is 0. The second-order valence-corrected chi connectivity index (χ2v) is 6.86. The van der Waals surface area contributed by atoms with E-state index in [0.29, 0.717) is 18.4 Å². The molecule has 0 aliphatic carbocycles. The first-order chi connectivity index (χ1) is 10.1. The number of aromatic nitrogens is 1. The predicted octanol–water partition coefficient (Wildman–Crippen LogP) is 3.54. The van der Waals surface area contributed by atoms with Gasteiger partial charge in [0.15, 0.2) is 0 Å². The van der Waals surface area contributed by atoms with Crippen LogP contribution >= 0.6 is 15.9 Å². The summed E-state index contributed by atoms with van der Waals surface area (Å²) in [6.07, 6.45) is 5.46. The number of hydrogen-bond acceptors (Lipinski definition) is 4. The summed E-state index contributed by atoms with van der Waals surface area (Å²) in [5, 5.41) is 3.43. The minimum Gasteiger partial charge on any atom is -0.475 e. The van der Waals surface area contributed by atoms with Crippen LogP contribution in [-0.2, 0) is 11.3 Å². The van der Waals surface area contributed by atoms with E-state index in [1.807, 2.05) is 0 Å². The molecule has 1 aliphatic heterocycles. The van der Waals surface area contributed by atoms with Crippen LogP contribution in [0.15, 0.2) is 16.7 Å². The Morgan fingerprint density at radius 3 is 3.05 bits per heavy atom. The highest BCUT2D eigenvalue weighted by atomic mass is 79.9. The maximum Gasteiger partial charge on any atom is 0.217 e. The fraction of sp³-hybridized carbons (Fsp3) is 0.688. The Morgan fingerprint density at radius 1 is 1.48 bits per heavy atom. The van der Waals surface area contributed by atoms with E-state index in [1.165, 1.54) is 6.42 Å². The predicted molar refractivity (Wildman–Crippen MR) is 87.6 cm³/mol. The second kappa shape index (κ2) is 8.71. The van der Waals surface area contributed by atoms with E-state index in [2.05, 4.69) is 46.1 Å². The van der Waals surface area contributed by atoms with Gasteiger partial charge in [0.1, 0.15) is 6.61 Å². The third kappa shape index (κ3) is 5.93. The average Bonchev–Trinajstić information content (AvgIpc) is 2.47. The molecular formula is C16H25BrN2O2. The molecule has 0 amide bonds. The van der Waals surface area contributed by atoms with Crippen molar-refractivity contribution in [3.8, 4) is 5.88 Å². The lowest BCUT2D eigenvalue weighted by Crippen LogP contribution is -2.26. The van der Waals surface area contributed by atoms with Gasteiger partial charge in [0, 0.05) is 29.4 Å². The van der Waals surface area contributed by atoms with Crippen molar-refractivity contribution in [3.05, 3.63) is 22.3 Å². The van der Waals surface area contributed by atoms with Crippen LogP contribution in [0.1, 0.15) is 38.7 Å². The Morgan fingerprint density at radius 2 is 2.33 bits per heavy atom. The van der Waals surface area contributed by atoms with Gasteiger partial charge >= 0.3 is 0 Å². The summed E-state index contributed by atoms with van der Waals surface area (Å²) < 4.78 is 12.6. The van der Waals surface area contributed by atoms with Gasteiger partial charge < -0.3 is 14.8 Å². The molecule has 21 heavy (non-hydrogen) atoms. The van der Waals surface area contributed by atoms with Crippen molar-refractivity contribution in [2.45, 2.75) is 45.8 Å². The van der Waals surface area contributed by atoms with E-state index in [0.717, 1.165) is 42.6 Å². The number of pyridine rings is 1. The Bertz CT molecular complexity index is 434. The largest absolute Gasteiger partial charge is 0.475 e. The van der Waals surface area contributed by atoms with Gasteiger partial charge in [-0.2, -0.15) is 0 Å². The highest BCUT2D eigenvalue weighted by molar-refractivity contribution is 9.10. The fourth-order valence-electron chi connectivity index (χ4n) is 2.33. The van der Waals surface area contributed by atoms with Crippen LogP contribution in [-0.4, -0.2) is 30.8 Å². The summed E-state index contributed by atoms with van der Waals surface area (Å²) in [6.45, 7) is 7.59.